The number of hydrogen-bond acceptors (Lipinski definition) is 3. The fraction of sp³-hybridized carbons (Fsp3) is 0.240. The molecule has 0 spiro atoms. The summed E-state index contributed by atoms with van der Waals surface area (Å²) in [7, 11) is 0. The first-order chi connectivity index (χ1) is 15.4. The van der Waals surface area contributed by atoms with E-state index in [1.165, 1.54) is 6.07 Å². The van der Waals surface area contributed by atoms with Crippen LogP contribution in [0, 0.1) is 12.7 Å². The SMILES string of the molecule is Cc1c(Cl)ccc2[nH]c(C3(C)CCCN3C(=O)c3c(F)cccc3-c3ccccn3)nc12. The van der Waals surface area contributed by atoms with E-state index in [2.05, 4.69) is 9.97 Å². The number of likely N-dealkylation sites (tertiary alicyclic amines) is 1. The fourth-order valence-corrected chi connectivity index (χ4v) is 4.74. The molecule has 5 rings (SSSR count). The van der Waals surface area contributed by atoms with Gasteiger partial charge in [0.15, 0.2) is 0 Å². The van der Waals surface area contributed by atoms with Crippen molar-refractivity contribution in [2.75, 3.05) is 6.54 Å². The highest BCUT2D eigenvalue weighted by atomic mass is 35.5. The maximum Gasteiger partial charge on any atom is 0.258 e. The molecule has 1 unspecified atom stereocenters. The summed E-state index contributed by atoms with van der Waals surface area (Å²) in [4.78, 5) is 28.0. The molecule has 3 heterocycles. The number of benzene rings is 2. The van der Waals surface area contributed by atoms with Gasteiger partial charge in [0.25, 0.3) is 5.91 Å². The van der Waals surface area contributed by atoms with Crippen molar-refractivity contribution >= 4 is 28.5 Å². The Morgan fingerprint density at radius 1 is 1.19 bits per heavy atom. The van der Waals surface area contributed by atoms with Crippen LogP contribution in [0.4, 0.5) is 4.39 Å². The average molecular weight is 449 g/mol. The lowest BCUT2D eigenvalue weighted by molar-refractivity contribution is 0.0602. The van der Waals surface area contributed by atoms with Gasteiger partial charge < -0.3 is 9.88 Å². The molecule has 1 atom stereocenters. The molecule has 4 aromatic rings. The summed E-state index contributed by atoms with van der Waals surface area (Å²) in [5, 5.41) is 0.645. The number of nitrogens with zero attached hydrogens (tertiary/aromatic N) is 3. The molecule has 1 aliphatic rings. The first kappa shape index (κ1) is 20.6. The van der Waals surface area contributed by atoms with Gasteiger partial charge in [-0.15, -0.1) is 0 Å². The Morgan fingerprint density at radius 2 is 2.03 bits per heavy atom. The standard InChI is InChI=1S/C25H22ClFN4O/c1-15-17(26)10-11-20-22(15)30-24(29-20)25(2)12-6-14-31(25)23(32)21-16(7-5-8-18(21)27)19-9-3-4-13-28-19/h3-5,7-11,13H,6,12,14H2,1-2H3,(H,29,30). The van der Waals surface area contributed by atoms with Crippen molar-refractivity contribution in [3.8, 4) is 11.3 Å². The zero-order chi connectivity index (χ0) is 22.5. The molecule has 0 aliphatic carbocycles. The Balaban J connectivity index is 1.60. The van der Waals surface area contributed by atoms with Crippen LogP contribution in [0.5, 0.6) is 0 Å². The zero-order valence-electron chi connectivity index (χ0n) is 17.8. The number of pyridine rings is 1. The monoisotopic (exact) mass is 448 g/mol. The molecule has 1 fully saturated rings. The van der Waals surface area contributed by atoms with Gasteiger partial charge in [0.05, 0.1) is 27.8 Å². The molecule has 5 nitrogen and oxygen atoms in total. The maximum absolute atomic E-state index is 15.0. The van der Waals surface area contributed by atoms with Gasteiger partial charge >= 0.3 is 0 Å². The fourth-order valence-electron chi connectivity index (χ4n) is 4.59. The number of carbonyl (C=O) groups excluding carboxylic acids is 1. The van der Waals surface area contributed by atoms with Crippen LogP contribution >= 0.6 is 11.6 Å². The molecule has 162 valence electrons. The average Bonchev–Trinajstić information content (AvgIpc) is 3.42. The third kappa shape index (κ3) is 3.17. The molecule has 0 saturated carbocycles. The van der Waals surface area contributed by atoms with Crippen molar-refractivity contribution in [1.29, 1.82) is 0 Å². The number of imidazole rings is 1. The summed E-state index contributed by atoms with van der Waals surface area (Å²) < 4.78 is 15.0. The lowest BCUT2D eigenvalue weighted by Crippen LogP contribution is -2.44. The van der Waals surface area contributed by atoms with E-state index in [1.54, 1.807) is 35.4 Å². The van der Waals surface area contributed by atoms with Gasteiger partial charge in [-0.1, -0.05) is 29.8 Å². The van der Waals surface area contributed by atoms with E-state index >= 15 is 4.39 Å². The highest BCUT2D eigenvalue weighted by molar-refractivity contribution is 6.32. The van der Waals surface area contributed by atoms with Gasteiger partial charge in [0, 0.05) is 23.3 Å². The van der Waals surface area contributed by atoms with E-state index in [9.17, 15) is 4.79 Å². The number of nitrogens with one attached hydrogen (secondary N) is 1. The zero-order valence-corrected chi connectivity index (χ0v) is 18.6. The number of aryl methyl sites for hydroxylation is 1. The van der Waals surface area contributed by atoms with Crippen molar-refractivity contribution in [1.82, 2.24) is 19.9 Å². The van der Waals surface area contributed by atoms with Crippen molar-refractivity contribution in [2.24, 2.45) is 0 Å². The molecular weight excluding hydrogens is 427 g/mol. The highest BCUT2D eigenvalue weighted by Gasteiger charge is 2.44. The quantitative estimate of drug-likeness (QED) is 0.426. The third-order valence-corrected chi connectivity index (χ3v) is 6.82. The molecule has 0 bridgehead atoms. The molecule has 1 saturated heterocycles. The maximum atomic E-state index is 15.0. The number of aromatic nitrogens is 3. The van der Waals surface area contributed by atoms with Crippen molar-refractivity contribution < 1.29 is 9.18 Å². The van der Waals surface area contributed by atoms with Crippen LogP contribution in [0.3, 0.4) is 0 Å². The summed E-state index contributed by atoms with van der Waals surface area (Å²) in [5.74, 6) is -0.238. The third-order valence-electron chi connectivity index (χ3n) is 6.41. The van der Waals surface area contributed by atoms with E-state index in [-0.39, 0.29) is 11.5 Å². The minimum absolute atomic E-state index is 0.0367. The predicted molar refractivity (Wildman–Crippen MR) is 123 cm³/mol. The van der Waals surface area contributed by atoms with Crippen LogP contribution in [-0.4, -0.2) is 32.3 Å². The Labute approximate surface area is 190 Å². The van der Waals surface area contributed by atoms with Crippen LogP contribution in [0.15, 0.2) is 54.7 Å². The van der Waals surface area contributed by atoms with Crippen molar-refractivity contribution in [3.63, 3.8) is 0 Å². The second kappa shape index (κ2) is 7.71. The second-order valence-electron chi connectivity index (χ2n) is 8.37. The molecule has 2 aromatic carbocycles. The van der Waals surface area contributed by atoms with E-state index in [4.69, 9.17) is 16.6 Å². The largest absolute Gasteiger partial charge is 0.340 e. The first-order valence-electron chi connectivity index (χ1n) is 10.6. The number of halogens is 2. The van der Waals surface area contributed by atoms with E-state index in [0.29, 0.717) is 28.6 Å². The minimum Gasteiger partial charge on any atom is -0.340 e. The normalized spacial score (nSPS) is 18.4. The smallest absolute Gasteiger partial charge is 0.258 e. The minimum atomic E-state index is -0.696. The van der Waals surface area contributed by atoms with Gasteiger partial charge in [0.1, 0.15) is 11.6 Å². The Hall–Kier alpha value is -3.25. The molecule has 1 N–H and O–H groups in total. The van der Waals surface area contributed by atoms with Crippen LogP contribution in [0.2, 0.25) is 5.02 Å². The number of H-pyrrole nitrogens is 1. The number of hydrogen-bond donors (Lipinski definition) is 1. The molecular formula is C25H22ClFN4O. The van der Waals surface area contributed by atoms with E-state index < -0.39 is 11.4 Å². The number of carbonyl (C=O) groups is 1. The Morgan fingerprint density at radius 3 is 2.81 bits per heavy atom. The second-order valence-corrected chi connectivity index (χ2v) is 8.77. The van der Waals surface area contributed by atoms with E-state index in [1.807, 2.05) is 32.0 Å². The Bertz CT molecular complexity index is 1340. The summed E-state index contributed by atoms with van der Waals surface area (Å²) in [6, 6.07) is 13.8. The number of amides is 1. The molecule has 0 radical (unpaired) electrons. The van der Waals surface area contributed by atoms with Gasteiger partial charge in [0.2, 0.25) is 0 Å². The topological polar surface area (TPSA) is 61.9 Å². The van der Waals surface area contributed by atoms with Crippen LogP contribution in [0.1, 0.15) is 41.5 Å². The van der Waals surface area contributed by atoms with Crippen molar-refractivity contribution in [2.45, 2.75) is 32.2 Å². The molecule has 1 aliphatic heterocycles. The molecule has 32 heavy (non-hydrogen) atoms. The predicted octanol–water partition coefficient (Wildman–Crippen LogP) is 5.88. The van der Waals surface area contributed by atoms with Gasteiger partial charge in [-0.25, -0.2) is 9.37 Å². The summed E-state index contributed by atoms with van der Waals surface area (Å²) in [6.07, 6.45) is 3.15. The molecule has 7 heteroatoms. The van der Waals surface area contributed by atoms with Crippen molar-refractivity contribution in [3.05, 3.63) is 82.5 Å². The van der Waals surface area contributed by atoms with Gasteiger partial charge in [-0.2, -0.15) is 0 Å². The van der Waals surface area contributed by atoms with Gasteiger partial charge in [-0.3, -0.25) is 9.78 Å². The molecule has 2 aromatic heterocycles. The van der Waals surface area contributed by atoms with Crippen LogP contribution < -0.4 is 0 Å². The Kier molecular flexibility index (Phi) is 4.97. The van der Waals surface area contributed by atoms with Crippen LogP contribution in [-0.2, 0) is 5.54 Å². The highest BCUT2D eigenvalue weighted by Crippen LogP contribution is 2.40. The lowest BCUT2D eigenvalue weighted by atomic mass is 9.95. The number of aromatic amines is 1. The summed E-state index contributed by atoms with van der Waals surface area (Å²) >= 11 is 6.28. The first-order valence-corrected chi connectivity index (χ1v) is 10.9. The lowest BCUT2D eigenvalue weighted by Gasteiger charge is -2.34. The van der Waals surface area contributed by atoms with Gasteiger partial charge in [-0.05, 0) is 62.6 Å². The van der Waals surface area contributed by atoms with Crippen LogP contribution in [0.25, 0.3) is 22.3 Å². The molecule has 1 amide bonds. The number of fused-ring (bicyclic) bond motifs is 1. The number of rotatable bonds is 3. The summed E-state index contributed by atoms with van der Waals surface area (Å²) in [5.41, 5.74) is 2.92. The van der Waals surface area contributed by atoms with E-state index in [0.717, 1.165) is 29.4 Å². The summed E-state index contributed by atoms with van der Waals surface area (Å²) in [6.45, 7) is 4.42.